The monoisotopic (exact) mass is 405 g/mol. The van der Waals surface area contributed by atoms with Crippen molar-refractivity contribution in [2.75, 3.05) is 13.1 Å². The number of amides is 1. The second-order valence-corrected chi connectivity index (χ2v) is 10.2. The molecule has 1 amide bonds. The molecular formula is C17H28FN3O5S. The number of hydrogen-bond acceptors (Lipinski definition) is 6. The maximum atomic E-state index is 15.4. The third-order valence-electron chi connectivity index (χ3n) is 6.69. The Hall–Kier alpha value is -0.810. The van der Waals surface area contributed by atoms with E-state index in [1.165, 1.54) is 0 Å². The van der Waals surface area contributed by atoms with Gasteiger partial charge in [-0.1, -0.05) is 0 Å². The number of aliphatic hydroxyl groups is 2. The van der Waals surface area contributed by atoms with Gasteiger partial charge in [0.05, 0.1) is 24.8 Å². The van der Waals surface area contributed by atoms with E-state index in [2.05, 4.69) is 5.32 Å². The summed E-state index contributed by atoms with van der Waals surface area (Å²) in [6.45, 7) is 0.0474. The van der Waals surface area contributed by atoms with E-state index in [-0.39, 0.29) is 24.0 Å². The maximum Gasteiger partial charge on any atom is 0.304 e. The van der Waals surface area contributed by atoms with Gasteiger partial charge in [-0.2, -0.15) is 12.7 Å². The molecule has 4 fully saturated rings. The van der Waals surface area contributed by atoms with Gasteiger partial charge in [-0.05, 0) is 56.3 Å². The summed E-state index contributed by atoms with van der Waals surface area (Å²) in [5, 5.41) is 23.8. The minimum Gasteiger partial charge on any atom is -0.392 e. The Morgan fingerprint density at radius 2 is 2.00 bits per heavy atom. The molecule has 1 saturated heterocycles. The van der Waals surface area contributed by atoms with E-state index in [9.17, 15) is 23.4 Å². The van der Waals surface area contributed by atoms with E-state index in [0.717, 1.165) is 30.0 Å². The van der Waals surface area contributed by atoms with E-state index < -0.39 is 41.0 Å². The van der Waals surface area contributed by atoms with Crippen LogP contribution >= 0.6 is 0 Å². The number of carbonyl (C=O) groups excluding carboxylic acids is 1. The van der Waals surface area contributed by atoms with Gasteiger partial charge in [0, 0.05) is 12.6 Å². The first kappa shape index (κ1) is 19.5. The maximum absolute atomic E-state index is 15.4. The number of rotatable bonds is 5. The lowest BCUT2D eigenvalue weighted by atomic mass is 9.66. The van der Waals surface area contributed by atoms with E-state index in [1.54, 1.807) is 0 Å². The zero-order valence-corrected chi connectivity index (χ0v) is 15.9. The first-order chi connectivity index (χ1) is 12.8. The van der Waals surface area contributed by atoms with Gasteiger partial charge in [-0.3, -0.25) is 4.79 Å². The van der Waals surface area contributed by atoms with Gasteiger partial charge >= 0.3 is 10.2 Å². The fraction of sp³-hybridized carbons (Fsp3) is 0.941. The average Bonchev–Trinajstić information content (AvgIpc) is 3.40. The summed E-state index contributed by atoms with van der Waals surface area (Å²) in [5.41, 5.74) is 0. The van der Waals surface area contributed by atoms with Crippen molar-refractivity contribution in [2.45, 2.75) is 69.0 Å². The first-order valence-corrected chi connectivity index (χ1v) is 11.3. The van der Waals surface area contributed by atoms with Crippen LogP contribution in [-0.2, 0) is 15.0 Å². The van der Waals surface area contributed by atoms with Crippen molar-refractivity contribution in [3.8, 4) is 0 Å². The molecule has 4 aliphatic rings. The lowest BCUT2D eigenvalue weighted by Crippen LogP contribution is -2.59. The third kappa shape index (κ3) is 3.87. The van der Waals surface area contributed by atoms with Crippen LogP contribution in [-0.4, -0.2) is 72.4 Å². The van der Waals surface area contributed by atoms with Crippen LogP contribution in [0.3, 0.4) is 0 Å². The number of halogens is 1. The molecule has 0 spiro atoms. The Labute approximate surface area is 158 Å². The van der Waals surface area contributed by atoms with Crippen LogP contribution in [0.4, 0.5) is 4.39 Å². The summed E-state index contributed by atoms with van der Waals surface area (Å²) in [6.07, 6.45) is 1.60. The van der Waals surface area contributed by atoms with Gasteiger partial charge in [-0.15, -0.1) is 0 Å². The number of carbonyl (C=O) groups is 1. The van der Waals surface area contributed by atoms with Gasteiger partial charge in [0.25, 0.3) is 0 Å². The highest BCUT2D eigenvalue weighted by Gasteiger charge is 2.53. The molecule has 0 aromatic rings. The molecule has 7 atom stereocenters. The second kappa shape index (κ2) is 7.22. The molecule has 10 heteroatoms. The zero-order chi connectivity index (χ0) is 19.3. The van der Waals surface area contributed by atoms with Crippen molar-refractivity contribution >= 4 is 16.1 Å². The minimum absolute atomic E-state index is 0.00613. The summed E-state index contributed by atoms with van der Waals surface area (Å²) in [4.78, 5) is 11.5. The summed E-state index contributed by atoms with van der Waals surface area (Å²) in [5.74, 6) is -0.684. The summed E-state index contributed by atoms with van der Waals surface area (Å²) in [7, 11) is -4.09. The molecule has 8 nitrogen and oxygen atoms in total. The quantitative estimate of drug-likeness (QED) is 0.479. The van der Waals surface area contributed by atoms with Crippen molar-refractivity contribution in [1.82, 2.24) is 14.3 Å². The lowest BCUT2D eigenvalue weighted by Gasteiger charge is -2.48. The molecule has 154 valence electrons. The molecule has 7 unspecified atom stereocenters. The zero-order valence-electron chi connectivity index (χ0n) is 15.1. The summed E-state index contributed by atoms with van der Waals surface area (Å²) < 4.78 is 42.2. The first-order valence-electron chi connectivity index (χ1n) is 9.82. The average molecular weight is 405 g/mol. The number of nitrogens with one attached hydrogen (secondary N) is 2. The molecule has 3 saturated carbocycles. The molecular weight excluding hydrogens is 377 g/mol. The minimum atomic E-state index is -4.09. The van der Waals surface area contributed by atoms with E-state index in [4.69, 9.17) is 0 Å². The van der Waals surface area contributed by atoms with Crippen LogP contribution in [0.25, 0.3) is 0 Å². The topological polar surface area (TPSA) is 119 Å². The Kier molecular flexibility index (Phi) is 5.21. The van der Waals surface area contributed by atoms with Crippen LogP contribution < -0.4 is 10.0 Å². The van der Waals surface area contributed by atoms with Crippen LogP contribution in [0, 0.1) is 17.8 Å². The molecule has 4 rings (SSSR count). The Morgan fingerprint density at radius 1 is 1.26 bits per heavy atom. The van der Waals surface area contributed by atoms with Gasteiger partial charge in [-0.25, -0.2) is 9.11 Å². The van der Waals surface area contributed by atoms with Gasteiger partial charge in [0.1, 0.15) is 6.17 Å². The molecule has 4 N–H and O–H groups in total. The van der Waals surface area contributed by atoms with Crippen LogP contribution in [0.5, 0.6) is 0 Å². The highest BCUT2D eigenvalue weighted by atomic mass is 32.2. The molecule has 27 heavy (non-hydrogen) atoms. The Bertz CT molecular complexity index is 688. The third-order valence-corrected chi connectivity index (χ3v) is 8.16. The van der Waals surface area contributed by atoms with Crippen molar-refractivity contribution in [1.29, 1.82) is 0 Å². The lowest BCUT2D eigenvalue weighted by molar-refractivity contribution is -0.119. The second-order valence-electron chi connectivity index (χ2n) is 8.56. The van der Waals surface area contributed by atoms with Gasteiger partial charge < -0.3 is 15.5 Å². The molecule has 0 aromatic heterocycles. The number of nitrogens with zero attached hydrogens (tertiary/aromatic N) is 1. The number of fused-ring (bicyclic) bond motifs is 1. The summed E-state index contributed by atoms with van der Waals surface area (Å²) >= 11 is 0. The summed E-state index contributed by atoms with van der Waals surface area (Å²) in [6, 6.07) is -1.16. The number of alkyl halides is 1. The highest BCUT2D eigenvalue weighted by molar-refractivity contribution is 7.88. The van der Waals surface area contributed by atoms with Crippen LogP contribution in [0.1, 0.15) is 38.5 Å². The predicted octanol–water partition coefficient (Wildman–Crippen LogP) is -0.720. The van der Waals surface area contributed by atoms with Crippen molar-refractivity contribution in [3.05, 3.63) is 0 Å². The normalized spacial score (nSPS) is 43.1. The highest BCUT2D eigenvalue weighted by Crippen LogP contribution is 2.44. The fourth-order valence-electron chi connectivity index (χ4n) is 5.06. The molecule has 3 aliphatic carbocycles. The van der Waals surface area contributed by atoms with Crippen molar-refractivity contribution in [2.24, 2.45) is 17.8 Å². The van der Waals surface area contributed by atoms with Crippen molar-refractivity contribution < 1.29 is 27.8 Å². The Balaban J connectivity index is 1.43. The van der Waals surface area contributed by atoms with Crippen molar-refractivity contribution in [3.63, 3.8) is 0 Å². The molecule has 1 heterocycles. The largest absolute Gasteiger partial charge is 0.392 e. The smallest absolute Gasteiger partial charge is 0.304 e. The van der Waals surface area contributed by atoms with E-state index in [1.807, 2.05) is 4.72 Å². The number of hydrogen-bond donors (Lipinski definition) is 4. The van der Waals surface area contributed by atoms with Crippen LogP contribution in [0.2, 0.25) is 0 Å². The standard InChI is InChI=1S/C17H28FN3O5S/c18-16-12-6-11(19-7-14(23)9-1-2-9)4-3-10(12)5-13(22)17(16)21-8-15(24)20-27(21,25)26/h9-14,16-17,19,22-23H,1-8H2,(H,20,24). The van der Waals surface area contributed by atoms with Gasteiger partial charge in [0.15, 0.2) is 0 Å². The van der Waals surface area contributed by atoms with E-state index >= 15 is 4.39 Å². The number of aliphatic hydroxyl groups excluding tert-OH is 2. The predicted molar refractivity (Wildman–Crippen MR) is 94.4 cm³/mol. The van der Waals surface area contributed by atoms with Crippen LogP contribution in [0.15, 0.2) is 0 Å². The Morgan fingerprint density at radius 3 is 2.63 bits per heavy atom. The molecule has 0 radical (unpaired) electrons. The van der Waals surface area contributed by atoms with E-state index in [0.29, 0.717) is 25.3 Å². The molecule has 0 bridgehead atoms. The molecule has 1 aliphatic heterocycles. The molecule has 0 aromatic carbocycles. The van der Waals surface area contributed by atoms with Gasteiger partial charge in [0.2, 0.25) is 5.91 Å². The SMILES string of the molecule is O=C1CN(C2C(O)CC3CCC(NCC(O)C4CC4)CC3C2F)S(=O)(=O)N1. The fourth-order valence-corrected chi connectivity index (χ4v) is 6.40.